The van der Waals surface area contributed by atoms with E-state index in [-0.39, 0.29) is 23.8 Å². The Morgan fingerprint density at radius 3 is 2.53 bits per heavy atom. The van der Waals surface area contributed by atoms with Gasteiger partial charge in [-0.1, -0.05) is 30.3 Å². The first kappa shape index (κ1) is 18.9. The highest BCUT2D eigenvalue weighted by atomic mass is 19.1. The van der Waals surface area contributed by atoms with E-state index in [2.05, 4.69) is 15.5 Å². The summed E-state index contributed by atoms with van der Waals surface area (Å²) >= 11 is 0. The molecule has 0 spiro atoms. The molecule has 1 saturated heterocycles. The van der Waals surface area contributed by atoms with E-state index in [0.29, 0.717) is 6.54 Å². The monoisotopic (exact) mass is 405 g/mol. The standard InChI is InChI=1S/C24H24FN3O2/c1-30-23-7-3-2-5-18(23)14-26-15-21-22(16-26)28(13-17-8-10-19(25)11-9-17)24(29)20-6-4-12-27(20)21/h2-12,21-22H,13-16H2,1H3/t21-,22+/m1/s1. The van der Waals surface area contributed by atoms with Crippen LogP contribution in [-0.2, 0) is 13.1 Å². The highest BCUT2D eigenvalue weighted by molar-refractivity contribution is 5.94. The average Bonchev–Trinajstić information content (AvgIpc) is 3.40. The summed E-state index contributed by atoms with van der Waals surface area (Å²) in [7, 11) is 1.69. The van der Waals surface area contributed by atoms with E-state index in [0.717, 1.165) is 42.2 Å². The second-order valence-electron chi connectivity index (χ2n) is 8.00. The zero-order valence-corrected chi connectivity index (χ0v) is 16.9. The molecule has 2 aliphatic heterocycles. The Morgan fingerprint density at radius 1 is 0.967 bits per heavy atom. The molecular weight excluding hydrogens is 381 g/mol. The van der Waals surface area contributed by atoms with Gasteiger partial charge in [0, 0.05) is 37.9 Å². The number of ether oxygens (including phenoxy) is 1. The fraction of sp³-hybridized carbons (Fsp3) is 0.292. The maximum absolute atomic E-state index is 13.3. The Kier molecular flexibility index (Phi) is 4.79. The number of benzene rings is 2. The molecule has 1 fully saturated rings. The maximum atomic E-state index is 13.3. The number of nitrogens with zero attached hydrogens (tertiary/aromatic N) is 3. The molecule has 0 N–H and O–H groups in total. The number of hydrogen-bond acceptors (Lipinski definition) is 3. The van der Waals surface area contributed by atoms with Gasteiger partial charge in [0.1, 0.15) is 17.3 Å². The molecule has 1 amide bonds. The number of carbonyl (C=O) groups excluding carboxylic acids is 1. The fourth-order valence-corrected chi connectivity index (χ4v) is 4.77. The van der Waals surface area contributed by atoms with E-state index in [1.165, 1.54) is 12.1 Å². The summed E-state index contributed by atoms with van der Waals surface area (Å²) in [5.41, 5.74) is 2.80. The first-order chi connectivity index (χ1) is 14.6. The third kappa shape index (κ3) is 3.27. The topological polar surface area (TPSA) is 37.7 Å². The van der Waals surface area contributed by atoms with Gasteiger partial charge in [0.2, 0.25) is 0 Å². The summed E-state index contributed by atoms with van der Waals surface area (Å²) in [6, 6.07) is 18.6. The molecule has 0 saturated carbocycles. The van der Waals surface area contributed by atoms with E-state index in [1.54, 1.807) is 19.2 Å². The van der Waals surface area contributed by atoms with Crippen LogP contribution in [0, 0.1) is 5.82 Å². The molecule has 154 valence electrons. The van der Waals surface area contributed by atoms with E-state index in [9.17, 15) is 9.18 Å². The third-order valence-electron chi connectivity index (χ3n) is 6.20. The number of halogens is 1. The highest BCUT2D eigenvalue weighted by Crippen LogP contribution is 2.36. The number of para-hydroxylation sites is 1. The van der Waals surface area contributed by atoms with Crippen molar-refractivity contribution in [3.8, 4) is 5.75 Å². The summed E-state index contributed by atoms with van der Waals surface area (Å²) < 4.78 is 21.0. The lowest BCUT2D eigenvalue weighted by Crippen LogP contribution is -2.49. The van der Waals surface area contributed by atoms with Gasteiger partial charge in [-0.2, -0.15) is 0 Å². The average molecular weight is 405 g/mol. The fourth-order valence-electron chi connectivity index (χ4n) is 4.77. The van der Waals surface area contributed by atoms with Crippen LogP contribution < -0.4 is 4.74 Å². The summed E-state index contributed by atoms with van der Waals surface area (Å²) in [5, 5.41) is 0. The van der Waals surface area contributed by atoms with Crippen molar-refractivity contribution in [3.05, 3.63) is 89.5 Å². The first-order valence-electron chi connectivity index (χ1n) is 10.2. The number of likely N-dealkylation sites (tertiary alicyclic amines) is 1. The Balaban J connectivity index is 1.43. The van der Waals surface area contributed by atoms with Gasteiger partial charge in [0.15, 0.2) is 0 Å². The van der Waals surface area contributed by atoms with Gasteiger partial charge in [-0.05, 0) is 35.9 Å². The third-order valence-corrected chi connectivity index (χ3v) is 6.20. The van der Waals surface area contributed by atoms with Crippen molar-refractivity contribution in [1.82, 2.24) is 14.4 Å². The summed E-state index contributed by atoms with van der Waals surface area (Å²) in [6.07, 6.45) is 2.01. The van der Waals surface area contributed by atoms with Crippen molar-refractivity contribution in [3.63, 3.8) is 0 Å². The molecule has 2 aromatic carbocycles. The minimum Gasteiger partial charge on any atom is -0.496 e. The molecule has 5 rings (SSSR count). The van der Waals surface area contributed by atoms with Crippen molar-refractivity contribution in [2.45, 2.75) is 25.2 Å². The number of fused-ring (bicyclic) bond motifs is 3. The zero-order valence-electron chi connectivity index (χ0n) is 16.9. The van der Waals surface area contributed by atoms with Gasteiger partial charge < -0.3 is 14.2 Å². The van der Waals surface area contributed by atoms with Crippen LogP contribution in [0.2, 0.25) is 0 Å². The van der Waals surface area contributed by atoms with Crippen LogP contribution in [0.15, 0.2) is 66.9 Å². The Morgan fingerprint density at radius 2 is 1.73 bits per heavy atom. The number of methoxy groups -OCH3 is 1. The first-order valence-corrected chi connectivity index (χ1v) is 10.2. The van der Waals surface area contributed by atoms with E-state index >= 15 is 0 Å². The molecule has 3 aromatic rings. The summed E-state index contributed by atoms with van der Waals surface area (Å²) in [6.45, 7) is 2.89. The quantitative estimate of drug-likeness (QED) is 0.649. The normalized spacial score (nSPS) is 20.9. The van der Waals surface area contributed by atoms with Crippen molar-refractivity contribution in [1.29, 1.82) is 0 Å². The van der Waals surface area contributed by atoms with Crippen LogP contribution >= 0.6 is 0 Å². The number of hydrogen-bond donors (Lipinski definition) is 0. The van der Waals surface area contributed by atoms with E-state index in [4.69, 9.17) is 4.74 Å². The van der Waals surface area contributed by atoms with Crippen molar-refractivity contribution in [2.24, 2.45) is 0 Å². The van der Waals surface area contributed by atoms with Gasteiger partial charge in [0.05, 0.1) is 19.2 Å². The number of rotatable bonds is 5. The molecule has 5 nitrogen and oxygen atoms in total. The molecular formula is C24H24FN3O2. The van der Waals surface area contributed by atoms with Gasteiger partial charge in [-0.3, -0.25) is 9.69 Å². The lowest BCUT2D eigenvalue weighted by atomic mass is 10.0. The Labute approximate surface area is 175 Å². The largest absolute Gasteiger partial charge is 0.496 e. The van der Waals surface area contributed by atoms with E-state index < -0.39 is 0 Å². The highest BCUT2D eigenvalue weighted by Gasteiger charge is 2.44. The maximum Gasteiger partial charge on any atom is 0.271 e. The molecule has 2 aliphatic rings. The number of aromatic nitrogens is 1. The molecule has 0 radical (unpaired) electrons. The van der Waals surface area contributed by atoms with Crippen LogP contribution in [0.1, 0.15) is 27.7 Å². The molecule has 0 unspecified atom stereocenters. The summed E-state index contributed by atoms with van der Waals surface area (Å²) in [5.74, 6) is 0.650. The second-order valence-corrected chi connectivity index (χ2v) is 8.00. The van der Waals surface area contributed by atoms with Crippen molar-refractivity contribution in [2.75, 3.05) is 20.2 Å². The van der Waals surface area contributed by atoms with E-state index in [1.807, 2.05) is 41.4 Å². The van der Waals surface area contributed by atoms with Crippen molar-refractivity contribution < 1.29 is 13.9 Å². The molecule has 1 aromatic heterocycles. The number of amides is 1. The molecule has 3 heterocycles. The lowest BCUT2D eigenvalue weighted by molar-refractivity contribution is 0.0556. The van der Waals surface area contributed by atoms with Crippen LogP contribution in [0.25, 0.3) is 0 Å². The molecule has 30 heavy (non-hydrogen) atoms. The van der Waals surface area contributed by atoms with Crippen LogP contribution in [0.5, 0.6) is 5.75 Å². The van der Waals surface area contributed by atoms with Gasteiger partial charge in [-0.25, -0.2) is 4.39 Å². The van der Waals surface area contributed by atoms with Gasteiger partial charge >= 0.3 is 0 Å². The van der Waals surface area contributed by atoms with Crippen LogP contribution in [0.4, 0.5) is 4.39 Å². The number of carbonyl (C=O) groups is 1. The minimum absolute atomic E-state index is 0.0321. The van der Waals surface area contributed by atoms with Crippen molar-refractivity contribution >= 4 is 5.91 Å². The molecule has 6 heteroatoms. The smallest absolute Gasteiger partial charge is 0.271 e. The van der Waals surface area contributed by atoms with Crippen LogP contribution in [-0.4, -0.2) is 46.5 Å². The lowest BCUT2D eigenvalue weighted by Gasteiger charge is -2.38. The Bertz CT molecular complexity index is 1060. The molecule has 0 bridgehead atoms. The molecule has 0 aliphatic carbocycles. The second kappa shape index (κ2) is 7.61. The summed E-state index contributed by atoms with van der Waals surface area (Å²) in [4.78, 5) is 17.6. The van der Waals surface area contributed by atoms with Crippen LogP contribution in [0.3, 0.4) is 0 Å². The zero-order chi connectivity index (χ0) is 20.7. The van der Waals surface area contributed by atoms with Gasteiger partial charge in [0.25, 0.3) is 5.91 Å². The van der Waals surface area contributed by atoms with Gasteiger partial charge in [-0.15, -0.1) is 0 Å². The predicted octanol–water partition coefficient (Wildman–Crippen LogP) is 3.72. The predicted molar refractivity (Wildman–Crippen MR) is 112 cm³/mol. The Hall–Kier alpha value is -3.12. The minimum atomic E-state index is -0.265. The molecule has 2 atom stereocenters. The SMILES string of the molecule is COc1ccccc1CN1C[C@@H]2[C@H](C1)N(Cc1ccc(F)cc1)C(=O)c1cccn12.